The Labute approximate surface area is 136 Å². The molecule has 5 nitrogen and oxygen atoms in total. The second kappa shape index (κ2) is 6.32. The second-order valence-corrected chi connectivity index (χ2v) is 6.80. The Morgan fingerprint density at radius 1 is 1.26 bits per heavy atom. The van der Waals surface area contributed by atoms with Crippen LogP contribution >= 0.6 is 0 Å². The summed E-state index contributed by atoms with van der Waals surface area (Å²) in [4.78, 5) is 23.9. The average molecular weight is 316 g/mol. The molecule has 1 aliphatic heterocycles. The smallest absolute Gasteiger partial charge is 0.337 e. The molecule has 1 saturated carbocycles. The van der Waals surface area contributed by atoms with Gasteiger partial charge in [-0.05, 0) is 62.3 Å². The maximum absolute atomic E-state index is 12.5. The number of nitrogens with one attached hydrogen (secondary N) is 2. The zero-order chi connectivity index (χ0) is 16.4. The van der Waals surface area contributed by atoms with Crippen molar-refractivity contribution in [3.05, 3.63) is 35.4 Å². The fourth-order valence-corrected chi connectivity index (χ4v) is 3.36. The number of ether oxygens (including phenoxy) is 1. The summed E-state index contributed by atoms with van der Waals surface area (Å²) in [5, 5.41) is 6.41. The van der Waals surface area contributed by atoms with Gasteiger partial charge in [-0.15, -0.1) is 0 Å². The van der Waals surface area contributed by atoms with Crippen molar-refractivity contribution >= 4 is 11.9 Å². The Kier molecular flexibility index (Phi) is 4.39. The standard InChI is InChI=1S/C18H24N2O3/c1-12(13-3-5-14(6-4-13)17(22)23-2)20-16(21)15-11-18(7-8-18)9-10-19-15/h3-6,12,15,19H,7-11H2,1-2H3,(H,20,21)/t12-,15?/m0/s1. The molecule has 0 aromatic heterocycles. The van der Waals surface area contributed by atoms with Crippen LogP contribution in [0.25, 0.3) is 0 Å². The van der Waals surface area contributed by atoms with Crippen molar-refractivity contribution in [2.45, 2.75) is 44.7 Å². The molecule has 3 rings (SSSR count). The summed E-state index contributed by atoms with van der Waals surface area (Å²) in [5.41, 5.74) is 1.93. The van der Waals surface area contributed by atoms with E-state index in [4.69, 9.17) is 0 Å². The molecular weight excluding hydrogens is 292 g/mol. The predicted octanol–water partition coefficient (Wildman–Crippen LogP) is 2.18. The van der Waals surface area contributed by atoms with E-state index in [1.165, 1.54) is 26.4 Å². The molecule has 1 spiro atoms. The normalized spacial score (nSPS) is 23.1. The van der Waals surface area contributed by atoms with E-state index in [2.05, 4.69) is 15.4 Å². The molecule has 1 aromatic rings. The first kappa shape index (κ1) is 16.0. The van der Waals surface area contributed by atoms with Gasteiger partial charge in [-0.3, -0.25) is 4.79 Å². The summed E-state index contributed by atoms with van der Waals surface area (Å²) >= 11 is 0. The van der Waals surface area contributed by atoms with Gasteiger partial charge in [0.2, 0.25) is 5.91 Å². The lowest BCUT2D eigenvalue weighted by molar-refractivity contribution is -0.124. The minimum atomic E-state index is -0.352. The maximum atomic E-state index is 12.5. The number of rotatable bonds is 4. The van der Waals surface area contributed by atoms with Crippen LogP contribution in [0, 0.1) is 5.41 Å². The highest BCUT2D eigenvalue weighted by molar-refractivity contribution is 5.89. The third-order valence-electron chi connectivity index (χ3n) is 5.15. The summed E-state index contributed by atoms with van der Waals surface area (Å²) in [6.07, 6.45) is 4.68. The van der Waals surface area contributed by atoms with Crippen LogP contribution in [0.3, 0.4) is 0 Å². The molecule has 1 aromatic carbocycles. The summed E-state index contributed by atoms with van der Waals surface area (Å²) < 4.78 is 4.69. The van der Waals surface area contributed by atoms with Crippen molar-refractivity contribution in [1.82, 2.24) is 10.6 Å². The van der Waals surface area contributed by atoms with E-state index in [-0.39, 0.29) is 24.0 Å². The lowest BCUT2D eigenvalue weighted by atomic mass is 9.89. The van der Waals surface area contributed by atoms with Gasteiger partial charge >= 0.3 is 5.97 Å². The van der Waals surface area contributed by atoms with Gasteiger partial charge in [0.1, 0.15) is 0 Å². The number of methoxy groups -OCH3 is 1. The van der Waals surface area contributed by atoms with Crippen LogP contribution in [0.15, 0.2) is 24.3 Å². The number of hydrogen-bond acceptors (Lipinski definition) is 4. The monoisotopic (exact) mass is 316 g/mol. The third-order valence-corrected chi connectivity index (χ3v) is 5.15. The first-order valence-electron chi connectivity index (χ1n) is 8.25. The molecule has 1 aliphatic carbocycles. The molecule has 2 N–H and O–H groups in total. The molecule has 1 unspecified atom stereocenters. The molecule has 124 valence electrons. The summed E-state index contributed by atoms with van der Waals surface area (Å²) in [7, 11) is 1.36. The van der Waals surface area contributed by atoms with Crippen LogP contribution in [0.5, 0.6) is 0 Å². The fraction of sp³-hybridized carbons (Fsp3) is 0.556. The Balaban J connectivity index is 1.58. The molecule has 1 saturated heterocycles. The maximum Gasteiger partial charge on any atom is 0.337 e. The summed E-state index contributed by atoms with van der Waals surface area (Å²) in [5.74, 6) is -0.283. The molecule has 0 radical (unpaired) electrons. The molecule has 0 bridgehead atoms. The number of hydrogen-bond donors (Lipinski definition) is 2. The van der Waals surface area contributed by atoms with E-state index >= 15 is 0 Å². The van der Waals surface area contributed by atoms with Gasteiger partial charge in [-0.2, -0.15) is 0 Å². The summed E-state index contributed by atoms with van der Waals surface area (Å²) in [6.45, 7) is 2.89. The Morgan fingerprint density at radius 2 is 1.96 bits per heavy atom. The number of benzene rings is 1. The Hall–Kier alpha value is -1.88. The molecule has 2 atom stereocenters. The minimum absolute atomic E-state index is 0.0699. The van der Waals surface area contributed by atoms with Gasteiger partial charge in [-0.25, -0.2) is 4.79 Å². The predicted molar refractivity (Wildman–Crippen MR) is 87.0 cm³/mol. The van der Waals surface area contributed by atoms with Crippen molar-refractivity contribution in [2.24, 2.45) is 5.41 Å². The molecule has 2 fully saturated rings. The van der Waals surface area contributed by atoms with E-state index in [0.717, 1.165) is 18.5 Å². The molecular formula is C18H24N2O3. The summed E-state index contributed by atoms with van der Waals surface area (Å²) in [6, 6.07) is 6.99. The van der Waals surface area contributed by atoms with Crippen molar-refractivity contribution in [2.75, 3.05) is 13.7 Å². The highest BCUT2D eigenvalue weighted by atomic mass is 16.5. The van der Waals surface area contributed by atoms with Crippen molar-refractivity contribution in [3.63, 3.8) is 0 Å². The second-order valence-electron chi connectivity index (χ2n) is 6.80. The third kappa shape index (κ3) is 3.55. The first-order valence-corrected chi connectivity index (χ1v) is 8.25. The molecule has 23 heavy (non-hydrogen) atoms. The number of esters is 1. The zero-order valence-electron chi connectivity index (χ0n) is 13.7. The highest BCUT2D eigenvalue weighted by Gasteiger charge is 2.47. The fourth-order valence-electron chi connectivity index (χ4n) is 3.36. The SMILES string of the molecule is COC(=O)c1ccc([C@H](C)NC(=O)C2CC3(CCN2)CC3)cc1. The van der Waals surface area contributed by atoms with Crippen LogP contribution in [0.2, 0.25) is 0 Å². The van der Waals surface area contributed by atoms with E-state index in [1.54, 1.807) is 12.1 Å². The minimum Gasteiger partial charge on any atom is -0.465 e. The largest absolute Gasteiger partial charge is 0.465 e. The quantitative estimate of drug-likeness (QED) is 0.836. The van der Waals surface area contributed by atoms with E-state index in [0.29, 0.717) is 11.0 Å². The van der Waals surface area contributed by atoms with E-state index in [1.807, 2.05) is 19.1 Å². The molecule has 5 heteroatoms. The van der Waals surface area contributed by atoms with Gasteiger partial charge in [-0.1, -0.05) is 12.1 Å². The lowest BCUT2D eigenvalue weighted by Crippen LogP contribution is -2.49. The highest BCUT2D eigenvalue weighted by Crippen LogP contribution is 2.53. The van der Waals surface area contributed by atoms with Crippen LogP contribution < -0.4 is 10.6 Å². The average Bonchev–Trinajstić information content (AvgIpc) is 3.32. The Bertz CT molecular complexity index is 593. The lowest BCUT2D eigenvalue weighted by Gasteiger charge is -2.30. The number of amides is 1. The van der Waals surface area contributed by atoms with Crippen molar-refractivity contribution in [1.29, 1.82) is 0 Å². The van der Waals surface area contributed by atoms with E-state index in [9.17, 15) is 9.59 Å². The topological polar surface area (TPSA) is 67.4 Å². The van der Waals surface area contributed by atoms with Crippen LogP contribution in [-0.4, -0.2) is 31.6 Å². The van der Waals surface area contributed by atoms with Crippen molar-refractivity contribution < 1.29 is 14.3 Å². The molecule has 1 heterocycles. The molecule has 1 amide bonds. The van der Waals surface area contributed by atoms with Crippen LogP contribution in [0.1, 0.15) is 54.6 Å². The Morgan fingerprint density at radius 3 is 2.57 bits per heavy atom. The molecule has 2 aliphatic rings. The zero-order valence-corrected chi connectivity index (χ0v) is 13.7. The van der Waals surface area contributed by atoms with E-state index < -0.39 is 0 Å². The van der Waals surface area contributed by atoms with Crippen LogP contribution in [0.4, 0.5) is 0 Å². The van der Waals surface area contributed by atoms with Gasteiger partial charge in [0.15, 0.2) is 0 Å². The van der Waals surface area contributed by atoms with Gasteiger partial charge < -0.3 is 15.4 Å². The first-order chi connectivity index (χ1) is 11.0. The number of carbonyl (C=O) groups is 2. The van der Waals surface area contributed by atoms with Gasteiger partial charge in [0.05, 0.1) is 24.8 Å². The van der Waals surface area contributed by atoms with Gasteiger partial charge in [0, 0.05) is 0 Å². The van der Waals surface area contributed by atoms with Gasteiger partial charge in [0.25, 0.3) is 0 Å². The number of carbonyl (C=O) groups excluding carboxylic acids is 2. The number of piperidine rings is 1. The van der Waals surface area contributed by atoms with Crippen LogP contribution in [-0.2, 0) is 9.53 Å². The van der Waals surface area contributed by atoms with Crippen molar-refractivity contribution in [3.8, 4) is 0 Å².